The summed E-state index contributed by atoms with van der Waals surface area (Å²) in [6, 6.07) is 6.34. The minimum Gasteiger partial charge on any atom is -0.496 e. The molecule has 0 heterocycles. The molecule has 17 heavy (non-hydrogen) atoms. The Labute approximate surface area is 105 Å². The van der Waals surface area contributed by atoms with E-state index >= 15 is 0 Å². The van der Waals surface area contributed by atoms with E-state index in [-0.39, 0.29) is 11.0 Å². The van der Waals surface area contributed by atoms with Crippen molar-refractivity contribution < 1.29 is 4.74 Å². The summed E-state index contributed by atoms with van der Waals surface area (Å²) in [5.41, 5.74) is 8.38. The number of methoxy groups -OCH3 is 1. The van der Waals surface area contributed by atoms with Gasteiger partial charge in [0.1, 0.15) is 5.75 Å². The molecule has 0 bridgehead atoms. The van der Waals surface area contributed by atoms with Crippen molar-refractivity contribution in [1.29, 1.82) is 0 Å². The number of nitrogens with two attached hydrogens (primary N) is 1. The summed E-state index contributed by atoms with van der Waals surface area (Å²) in [4.78, 5) is 0. The van der Waals surface area contributed by atoms with Gasteiger partial charge in [-0.3, -0.25) is 0 Å². The highest BCUT2D eigenvalue weighted by molar-refractivity contribution is 5.43. The fraction of sp³-hybridized carbons (Fsp3) is 0.600. The number of hydrogen-bond acceptors (Lipinski definition) is 2. The maximum absolute atomic E-state index is 6.21. The van der Waals surface area contributed by atoms with Crippen LogP contribution in [0.4, 0.5) is 0 Å². The van der Waals surface area contributed by atoms with Gasteiger partial charge in [-0.25, -0.2) is 0 Å². The lowest BCUT2D eigenvalue weighted by Crippen LogP contribution is -2.30. The quantitative estimate of drug-likeness (QED) is 0.865. The Balaban J connectivity index is 3.33. The lowest BCUT2D eigenvalue weighted by atomic mass is 9.80. The second-order valence-corrected chi connectivity index (χ2v) is 5.87. The Morgan fingerprint density at radius 3 is 2.18 bits per heavy atom. The summed E-state index contributed by atoms with van der Waals surface area (Å²) in [5.74, 6) is 0.869. The lowest BCUT2D eigenvalue weighted by molar-refractivity contribution is 0.393. The minimum atomic E-state index is -0.384. The maximum atomic E-state index is 6.21. The maximum Gasteiger partial charge on any atom is 0.123 e. The molecule has 0 aliphatic carbocycles. The van der Waals surface area contributed by atoms with Crippen LogP contribution in [0.1, 0.15) is 52.2 Å². The lowest BCUT2D eigenvalue weighted by Gasteiger charge is -2.28. The zero-order valence-electron chi connectivity index (χ0n) is 11.9. The molecule has 0 aromatic heterocycles. The molecule has 2 heteroatoms. The third-order valence-corrected chi connectivity index (χ3v) is 3.56. The Morgan fingerprint density at radius 1 is 1.18 bits per heavy atom. The largest absolute Gasteiger partial charge is 0.496 e. The Morgan fingerprint density at radius 2 is 1.76 bits per heavy atom. The molecule has 2 nitrogen and oxygen atoms in total. The highest BCUT2D eigenvalue weighted by Gasteiger charge is 2.24. The Kier molecular flexibility index (Phi) is 3.88. The van der Waals surface area contributed by atoms with Gasteiger partial charge in [0.05, 0.1) is 7.11 Å². The monoisotopic (exact) mass is 235 g/mol. The molecule has 1 rings (SSSR count). The molecule has 2 N–H and O–H groups in total. The van der Waals surface area contributed by atoms with Gasteiger partial charge in [0, 0.05) is 11.1 Å². The molecule has 0 atom stereocenters. The number of benzene rings is 1. The summed E-state index contributed by atoms with van der Waals surface area (Å²) in [5, 5.41) is 0. The summed E-state index contributed by atoms with van der Waals surface area (Å²) in [7, 11) is 1.69. The molecule has 1 aromatic rings. The fourth-order valence-electron chi connectivity index (χ4n) is 1.84. The first-order valence-corrected chi connectivity index (χ1v) is 6.20. The Hall–Kier alpha value is -1.02. The minimum absolute atomic E-state index is 0.173. The highest BCUT2D eigenvalue weighted by atomic mass is 16.5. The molecular weight excluding hydrogens is 210 g/mol. The van der Waals surface area contributed by atoms with Crippen molar-refractivity contribution in [1.82, 2.24) is 0 Å². The van der Waals surface area contributed by atoms with Crippen molar-refractivity contribution in [2.24, 2.45) is 5.73 Å². The first kappa shape index (κ1) is 14.0. The summed E-state index contributed by atoms with van der Waals surface area (Å²) in [6.07, 6.45) is 1.10. The predicted molar refractivity (Wildman–Crippen MR) is 73.5 cm³/mol. The molecule has 0 aliphatic rings. The van der Waals surface area contributed by atoms with Crippen LogP contribution in [0.2, 0.25) is 0 Å². The van der Waals surface area contributed by atoms with E-state index < -0.39 is 0 Å². The van der Waals surface area contributed by atoms with Gasteiger partial charge >= 0.3 is 0 Å². The third kappa shape index (κ3) is 3.01. The molecule has 0 aliphatic heterocycles. The molecule has 0 fully saturated rings. The first-order valence-electron chi connectivity index (χ1n) is 6.20. The molecule has 0 spiro atoms. The van der Waals surface area contributed by atoms with Crippen molar-refractivity contribution in [2.45, 2.75) is 52.0 Å². The van der Waals surface area contributed by atoms with E-state index in [9.17, 15) is 0 Å². The predicted octanol–water partition coefficient (Wildman–Crippen LogP) is 3.58. The average molecular weight is 235 g/mol. The first-order chi connectivity index (χ1) is 7.72. The highest BCUT2D eigenvalue weighted by Crippen LogP contribution is 2.34. The van der Waals surface area contributed by atoms with Crippen LogP contribution >= 0.6 is 0 Å². The van der Waals surface area contributed by atoms with Crippen LogP contribution in [-0.4, -0.2) is 7.11 Å². The molecule has 0 radical (unpaired) electrons. The summed E-state index contributed by atoms with van der Waals surface area (Å²) < 4.78 is 5.39. The SMILES string of the molecule is CCC(C)(C)c1ccc(OC)c(C(C)(C)N)c1. The second-order valence-electron chi connectivity index (χ2n) is 5.87. The van der Waals surface area contributed by atoms with Crippen LogP contribution in [0, 0.1) is 0 Å². The molecule has 1 aromatic carbocycles. The van der Waals surface area contributed by atoms with Crippen molar-refractivity contribution in [2.75, 3.05) is 7.11 Å². The molecule has 96 valence electrons. The number of ether oxygens (including phenoxy) is 1. The van der Waals surface area contributed by atoms with Gasteiger partial charge in [0.25, 0.3) is 0 Å². The fourth-order valence-corrected chi connectivity index (χ4v) is 1.84. The number of rotatable bonds is 4. The third-order valence-electron chi connectivity index (χ3n) is 3.56. The van der Waals surface area contributed by atoms with Crippen molar-refractivity contribution in [3.8, 4) is 5.75 Å². The zero-order valence-corrected chi connectivity index (χ0v) is 11.9. The van der Waals surface area contributed by atoms with E-state index in [1.165, 1.54) is 5.56 Å². The normalized spacial score (nSPS) is 12.6. The van der Waals surface area contributed by atoms with E-state index in [2.05, 4.69) is 32.9 Å². The smallest absolute Gasteiger partial charge is 0.123 e. The van der Waals surface area contributed by atoms with Crippen LogP contribution < -0.4 is 10.5 Å². The van der Waals surface area contributed by atoms with Gasteiger partial charge in [0.2, 0.25) is 0 Å². The van der Waals surface area contributed by atoms with Crippen LogP contribution in [0.5, 0.6) is 5.75 Å². The van der Waals surface area contributed by atoms with E-state index in [1.807, 2.05) is 19.9 Å². The molecule has 0 amide bonds. The van der Waals surface area contributed by atoms with Crippen LogP contribution in [0.3, 0.4) is 0 Å². The summed E-state index contributed by atoms with van der Waals surface area (Å²) in [6.45, 7) is 10.7. The molecule has 0 unspecified atom stereocenters. The van der Waals surface area contributed by atoms with Crippen LogP contribution in [-0.2, 0) is 11.0 Å². The van der Waals surface area contributed by atoms with Gasteiger partial charge in [-0.1, -0.05) is 26.8 Å². The van der Waals surface area contributed by atoms with Crippen LogP contribution in [0.25, 0.3) is 0 Å². The van der Waals surface area contributed by atoms with Gasteiger partial charge in [-0.2, -0.15) is 0 Å². The average Bonchev–Trinajstić information content (AvgIpc) is 2.27. The molecular formula is C15H25NO. The standard InChI is InChI=1S/C15H25NO/c1-7-14(2,3)11-8-9-13(17-6)12(10-11)15(4,5)16/h8-10H,7,16H2,1-6H3. The number of hydrogen-bond donors (Lipinski definition) is 1. The molecule has 0 saturated carbocycles. The van der Waals surface area contributed by atoms with Gasteiger partial charge < -0.3 is 10.5 Å². The summed E-state index contributed by atoms with van der Waals surface area (Å²) >= 11 is 0. The van der Waals surface area contributed by atoms with Crippen molar-refractivity contribution in [3.05, 3.63) is 29.3 Å². The van der Waals surface area contributed by atoms with Gasteiger partial charge in [-0.05, 0) is 43.4 Å². The molecule has 0 saturated heterocycles. The second kappa shape index (κ2) is 4.69. The van der Waals surface area contributed by atoms with Crippen LogP contribution in [0.15, 0.2) is 18.2 Å². The van der Waals surface area contributed by atoms with E-state index in [4.69, 9.17) is 10.5 Å². The van der Waals surface area contributed by atoms with Gasteiger partial charge in [-0.15, -0.1) is 0 Å². The zero-order chi connectivity index (χ0) is 13.3. The van der Waals surface area contributed by atoms with E-state index in [0.29, 0.717) is 0 Å². The van der Waals surface area contributed by atoms with E-state index in [0.717, 1.165) is 17.7 Å². The topological polar surface area (TPSA) is 35.2 Å². The van der Waals surface area contributed by atoms with Crippen molar-refractivity contribution in [3.63, 3.8) is 0 Å². The van der Waals surface area contributed by atoms with Gasteiger partial charge in [0.15, 0.2) is 0 Å². The van der Waals surface area contributed by atoms with Crippen molar-refractivity contribution >= 4 is 0 Å². The Bertz CT molecular complexity index is 388. The van der Waals surface area contributed by atoms with E-state index in [1.54, 1.807) is 7.11 Å².